The van der Waals surface area contributed by atoms with Gasteiger partial charge in [-0.3, -0.25) is 0 Å². The van der Waals surface area contributed by atoms with Gasteiger partial charge in [0.15, 0.2) is 0 Å². The van der Waals surface area contributed by atoms with Crippen LogP contribution < -0.4 is 0 Å². The van der Waals surface area contributed by atoms with Gasteiger partial charge in [-0.25, -0.2) is 8.42 Å². The SMILES string of the molecule is O=S1(=O)C(c2ccccc2)=CCC=C1c1ccccc1. The number of rotatable bonds is 2. The van der Waals surface area contributed by atoms with Gasteiger partial charge in [0.05, 0.1) is 9.81 Å². The molecular weight excluding hydrogens is 268 g/mol. The predicted molar refractivity (Wildman–Crippen MR) is 82.4 cm³/mol. The number of benzene rings is 2. The molecule has 1 aliphatic rings. The van der Waals surface area contributed by atoms with Crippen LogP contribution in [-0.4, -0.2) is 8.42 Å². The third kappa shape index (κ3) is 2.21. The average Bonchev–Trinajstić information content (AvgIpc) is 2.48. The predicted octanol–water partition coefficient (Wildman–Crippen LogP) is 3.89. The van der Waals surface area contributed by atoms with Crippen molar-refractivity contribution >= 4 is 19.6 Å². The van der Waals surface area contributed by atoms with Crippen molar-refractivity contribution in [3.63, 3.8) is 0 Å². The van der Waals surface area contributed by atoms with Crippen LogP contribution in [0.3, 0.4) is 0 Å². The van der Waals surface area contributed by atoms with Crippen molar-refractivity contribution in [2.75, 3.05) is 0 Å². The van der Waals surface area contributed by atoms with Gasteiger partial charge in [-0.15, -0.1) is 0 Å². The van der Waals surface area contributed by atoms with Crippen LogP contribution >= 0.6 is 0 Å². The Hall–Kier alpha value is -2.13. The molecule has 0 unspecified atom stereocenters. The standard InChI is InChI=1S/C17H14O2S/c18-20(19)16(14-8-3-1-4-9-14)12-7-13-17(20)15-10-5-2-6-11-15/h1-6,8-13H,7H2. The fraction of sp³-hybridized carbons (Fsp3) is 0.0588. The van der Waals surface area contributed by atoms with E-state index in [0.717, 1.165) is 11.1 Å². The molecule has 0 atom stereocenters. The number of hydrogen-bond donors (Lipinski definition) is 0. The highest BCUT2D eigenvalue weighted by Gasteiger charge is 2.27. The Morgan fingerprint density at radius 3 is 1.45 bits per heavy atom. The molecule has 20 heavy (non-hydrogen) atoms. The van der Waals surface area contributed by atoms with Crippen LogP contribution in [0.1, 0.15) is 17.5 Å². The van der Waals surface area contributed by atoms with E-state index in [0.29, 0.717) is 16.2 Å². The van der Waals surface area contributed by atoms with Gasteiger partial charge in [0.1, 0.15) is 0 Å². The van der Waals surface area contributed by atoms with E-state index in [1.807, 2.05) is 60.7 Å². The summed E-state index contributed by atoms with van der Waals surface area (Å²) in [5, 5.41) is 0. The van der Waals surface area contributed by atoms with E-state index >= 15 is 0 Å². The number of hydrogen-bond acceptors (Lipinski definition) is 2. The van der Waals surface area contributed by atoms with Gasteiger partial charge in [0.25, 0.3) is 0 Å². The van der Waals surface area contributed by atoms with Crippen LogP contribution in [-0.2, 0) is 9.84 Å². The molecule has 3 heteroatoms. The molecule has 0 aliphatic carbocycles. The Morgan fingerprint density at radius 2 is 1.05 bits per heavy atom. The van der Waals surface area contributed by atoms with E-state index in [4.69, 9.17) is 0 Å². The molecule has 2 aromatic rings. The second-order valence-electron chi connectivity index (χ2n) is 4.61. The lowest BCUT2D eigenvalue weighted by atomic mass is 10.1. The molecule has 0 saturated heterocycles. The smallest absolute Gasteiger partial charge is 0.207 e. The summed E-state index contributed by atoms with van der Waals surface area (Å²) >= 11 is 0. The Morgan fingerprint density at radius 1 is 0.650 bits per heavy atom. The molecule has 0 amide bonds. The number of allylic oxidation sites excluding steroid dienone is 2. The second-order valence-corrected chi connectivity index (χ2v) is 6.49. The van der Waals surface area contributed by atoms with Gasteiger partial charge in [-0.2, -0.15) is 0 Å². The van der Waals surface area contributed by atoms with Crippen molar-refractivity contribution in [2.24, 2.45) is 0 Å². The van der Waals surface area contributed by atoms with Crippen LogP contribution in [0.15, 0.2) is 72.8 Å². The van der Waals surface area contributed by atoms with Crippen molar-refractivity contribution in [1.82, 2.24) is 0 Å². The fourth-order valence-corrected chi connectivity index (χ4v) is 4.12. The van der Waals surface area contributed by atoms with E-state index in [1.165, 1.54) is 0 Å². The van der Waals surface area contributed by atoms with Crippen LogP contribution in [0.5, 0.6) is 0 Å². The zero-order valence-corrected chi connectivity index (χ0v) is 11.7. The topological polar surface area (TPSA) is 34.1 Å². The molecule has 2 aromatic carbocycles. The van der Waals surface area contributed by atoms with Gasteiger partial charge >= 0.3 is 0 Å². The molecule has 3 rings (SSSR count). The molecular formula is C17H14O2S. The van der Waals surface area contributed by atoms with E-state index in [1.54, 1.807) is 12.2 Å². The van der Waals surface area contributed by atoms with E-state index in [2.05, 4.69) is 0 Å². The van der Waals surface area contributed by atoms with Crippen LogP contribution in [0.4, 0.5) is 0 Å². The molecule has 0 N–H and O–H groups in total. The minimum atomic E-state index is -3.45. The highest BCUT2D eigenvalue weighted by atomic mass is 32.2. The molecule has 2 nitrogen and oxygen atoms in total. The lowest BCUT2D eigenvalue weighted by Crippen LogP contribution is -2.09. The highest BCUT2D eigenvalue weighted by molar-refractivity contribution is 8.09. The largest absolute Gasteiger partial charge is 0.218 e. The maximum atomic E-state index is 12.8. The van der Waals surface area contributed by atoms with Gasteiger partial charge in [-0.05, 0) is 17.5 Å². The Bertz CT molecular complexity index is 709. The van der Waals surface area contributed by atoms with Crippen molar-refractivity contribution in [1.29, 1.82) is 0 Å². The third-order valence-electron chi connectivity index (χ3n) is 3.30. The molecule has 0 bridgehead atoms. The van der Waals surface area contributed by atoms with Crippen molar-refractivity contribution in [2.45, 2.75) is 6.42 Å². The zero-order valence-electron chi connectivity index (χ0n) is 10.9. The first-order valence-electron chi connectivity index (χ1n) is 6.46. The maximum absolute atomic E-state index is 12.8. The van der Waals surface area contributed by atoms with Crippen molar-refractivity contribution < 1.29 is 8.42 Å². The summed E-state index contributed by atoms with van der Waals surface area (Å²) in [6, 6.07) is 18.5. The minimum absolute atomic E-state index is 0.402. The molecule has 0 spiro atoms. The first-order valence-corrected chi connectivity index (χ1v) is 7.94. The van der Waals surface area contributed by atoms with Crippen LogP contribution in [0.25, 0.3) is 9.81 Å². The molecule has 0 aromatic heterocycles. The fourth-order valence-electron chi connectivity index (χ4n) is 2.36. The lowest BCUT2D eigenvalue weighted by Gasteiger charge is -2.16. The van der Waals surface area contributed by atoms with Crippen LogP contribution in [0.2, 0.25) is 0 Å². The van der Waals surface area contributed by atoms with Gasteiger partial charge in [0, 0.05) is 0 Å². The minimum Gasteiger partial charge on any atom is -0.218 e. The Balaban J connectivity index is 2.09. The zero-order chi connectivity index (χ0) is 14.0. The maximum Gasteiger partial charge on any atom is 0.207 e. The molecule has 1 aliphatic heterocycles. The Kier molecular flexibility index (Phi) is 3.28. The summed E-state index contributed by atoms with van der Waals surface area (Å²) < 4.78 is 25.6. The lowest BCUT2D eigenvalue weighted by molar-refractivity contribution is 0.614. The first kappa shape index (κ1) is 12.9. The van der Waals surface area contributed by atoms with Crippen LogP contribution in [0, 0.1) is 0 Å². The Labute approximate surface area is 119 Å². The van der Waals surface area contributed by atoms with E-state index in [-0.39, 0.29) is 0 Å². The summed E-state index contributed by atoms with van der Waals surface area (Å²) in [7, 11) is -3.45. The van der Waals surface area contributed by atoms with Gasteiger partial charge < -0.3 is 0 Å². The second kappa shape index (κ2) is 5.10. The quantitative estimate of drug-likeness (QED) is 0.837. The summed E-state index contributed by atoms with van der Waals surface area (Å²) in [6.07, 6.45) is 4.18. The molecule has 1 heterocycles. The van der Waals surface area contributed by atoms with Gasteiger partial charge in [0.2, 0.25) is 9.84 Å². The van der Waals surface area contributed by atoms with E-state index in [9.17, 15) is 8.42 Å². The highest BCUT2D eigenvalue weighted by Crippen LogP contribution is 2.36. The normalized spacial score (nSPS) is 17.2. The molecule has 100 valence electrons. The summed E-state index contributed by atoms with van der Waals surface area (Å²) in [5.41, 5.74) is 1.49. The first-order chi connectivity index (χ1) is 9.69. The van der Waals surface area contributed by atoms with Gasteiger partial charge in [-0.1, -0.05) is 72.8 Å². The van der Waals surface area contributed by atoms with Crippen molar-refractivity contribution in [3.8, 4) is 0 Å². The molecule has 0 fully saturated rings. The summed E-state index contributed by atoms with van der Waals surface area (Å²) in [6.45, 7) is 0. The molecule has 0 saturated carbocycles. The van der Waals surface area contributed by atoms with E-state index < -0.39 is 9.84 Å². The van der Waals surface area contributed by atoms with Crippen molar-refractivity contribution in [3.05, 3.63) is 83.9 Å². The summed E-state index contributed by atoms with van der Waals surface area (Å²) in [4.78, 5) is 0.805. The average molecular weight is 282 g/mol. The monoisotopic (exact) mass is 282 g/mol. The summed E-state index contributed by atoms with van der Waals surface area (Å²) in [5.74, 6) is 0. The third-order valence-corrected chi connectivity index (χ3v) is 5.26. The molecule has 0 radical (unpaired) electrons. The number of sulfone groups is 1.